The van der Waals surface area contributed by atoms with E-state index in [1.165, 1.54) is 54.9 Å². The molecule has 0 bridgehead atoms. The largest absolute Gasteiger partial charge is 0.256 e. The van der Waals surface area contributed by atoms with Crippen LogP contribution in [0.3, 0.4) is 0 Å². The maximum Gasteiger partial charge on any atom is 0.0708 e. The van der Waals surface area contributed by atoms with Gasteiger partial charge in [0.2, 0.25) is 0 Å². The van der Waals surface area contributed by atoms with Crippen LogP contribution in [-0.2, 0) is 5.41 Å². The Morgan fingerprint density at radius 3 is 1.97 bits per heavy atom. The van der Waals surface area contributed by atoms with Gasteiger partial charge in [-0.05, 0) is 85.5 Å². The molecule has 180 valence electrons. The number of benzene rings is 5. The predicted octanol–water partition coefficient (Wildman–Crippen LogP) is 9.99. The normalized spacial score (nSPS) is 11.8. The van der Waals surface area contributed by atoms with Crippen molar-refractivity contribution >= 4 is 21.5 Å². The number of hydrogen-bond acceptors (Lipinski definition) is 1. The van der Waals surface area contributed by atoms with Crippen molar-refractivity contribution in [3.8, 4) is 33.5 Å². The molecule has 1 heterocycles. The zero-order valence-corrected chi connectivity index (χ0v) is 21.9. The van der Waals surface area contributed by atoms with E-state index in [0.717, 1.165) is 11.3 Å². The van der Waals surface area contributed by atoms with E-state index in [1.54, 1.807) is 0 Å². The average molecular weight is 478 g/mol. The van der Waals surface area contributed by atoms with Crippen molar-refractivity contribution in [2.75, 3.05) is 0 Å². The highest BCUT2D eigenvalue weighted by atomic mass is 14.7. The Morgan fingerprint density at radius 2 is 1.22 bits per heavy atom. The van der Waals surface area contributed by atoms with E-state index in [1.807, 2.05) is 6.20 Å². The van der Waals surface area contributed by atoms with Gasteiger partial charge >= 0.3 is 0 Å². The smallest absolute Gasteiger partial charge is 0.0708 e. The third-order valence-corrected chi connectivity index (χ3v) is 7.40. The first-order valence-corrected chi connectivity index (χ1v) is 13.0. The minimum atomic E-state index is 0.143. The Balaban J connectivity index is 1.45. The molecule has 0 radical (unpaired) electrons. The zero-order chi connectivity index (χ0) is 25.6. The van der Waals surface area contributed by atoms with Crippen LogP contribution in [-0.4, -0.2) is 4.98 Å². The second-order valence-electron chi connectivity index (χ2n) is 11.0. The molecule has 0 atom stereocenters. The molecule has 0 saturated carbocycles. The first-order valence-electron chi connectivity index (χ1n) is 13.0. The number of aromatic nitrogens is 1. The van der Waals surface area contributed by atoms with Crippen LogP contribution in [0.4, 0.5) is 0 Å². The van der Waals surface area contributed by atoms with Gasteiger partial charge in [0.05, 0.1) is 5.69 Å². The van der Waals surface area contributed by atoms with Crippen molar-refractivity contribution in [1.29, 1.82) is 0 Å². The number of rotatable bonds is 3. The topological polar surface area (TPSA) is 12.9 Å². The monoisotopic (exact) mass is 477 g/mol. The molecule has 0 aliphatic heterocycles. The number of pyridine rings is 1. The van der Waals surface area contributed by atoms with E-state index in [4.69, 9.17) is 4.98 Å². The fourth-order valence-corrected chi connectivity index (χ4v) is 5.28. The van der Waals surface area contributed by atoms with Gasteiger partial charge in [0.1, 0.15) is 0 Å². The van der Waals surface area contributed by atoms with Crippen molar-refractivity contribution in [2.45, 2.75) is 33.1 Å². The number of hydrogen-bond donors (Lipinski definition) is 0. The molecule has 0 N–H and O–H groups in total. The van der Waals surface area contributed by atoms with E-state index < -0.39 is 0 Å². The molecule has 0 saturated heterocycles. The van der Waals surface area contributed by atoms with E-state index in [2.05, 4.69) is 137 Å². The highest BCUT2D eigenvalue weighted by Crippen LogP contribution is 2.37. The van der Waals surface area contributed by atoms with Crippen LogP contribution in [0.2, 0.25) is 0 Å². The SMILES string of the molecule is Cc1cnc(-c2cccc(-c3cc4ccccc4c4ccccc34)c2)cc1-c1ccc(C(C)(C)C)cc1. The van der Waals surface area contributed by atoms with Gasteiger partial charge in [-0.15, -0.1) is 0 Å². The molecule has 6 aromatic rings. The molecular weight excluding hydrogens is 446 g/mol. The van der Waals surface area contributed by atoms with E-state index in [0.29, 0.717) is 0 Å². The summed E-state index contributed by atoms with van der Waals surface area (Å²) in [4.78, 5) is 4.84. The van der Waals surface area contributed by atoms with Gasteiger partial charge in [0.25, 0.3) is 0 Å². The molecule has 6 rings (SSSR count). The lowest BCUT2D eigenvalue weighted by Crippen LogP contribution is -2.10. The van der Waals surface area contributed by atoms with Gasteiger partial charge < -0.3 is 0 Å². The van der Waals surface area contributed by atoms with Gasteiger partial charge in [-0.1, -0.05) is 112 Å². The van der Waals surface area contributed by atoms with Gasteiger partial charge in [-0.2, -0.15) is 0 Å². The van der Waals surface area contributed by atoms with Gasteiger partial charge in [-0.3, -0.25) is 4.98 Å². The summed E-state index contributed by atoms with van der Waals surface area (Å²) in [6, 6.07) is 39.7. The van der Waals surface area contributed by atoms with Crippen LogP contribution in [0.25, 0.3) is 55.1 Å². The summed E-state index contributed by atoms with van der Waals surface area (Å²) in [5.41, 5.74) is 9.71. The summed E-state index contributed by atoms with van der Waals surface area (Å²) >= 11 is 0. The molecule has 0 aliphatic carbocycles. The van der Waals surface area contributed by atoms with E-state index >= 15 is 0 Å². The summed E-state index contributed by atoms with van der Waals surface area (Å²) in [6.07, 6.45) is 2.00. The minimum Gasteiger partial charge on any atom is -0.256 e. The lowest BCUT2D eigenvalue weighted by Gasteiger charge is -2.19. The van der Waals surface area contributed by atoms with Crippen LogP contribution < -0.4 is 0 Å². The second-order valence-corrected chi connectivity index (χ2v) is 11.0. The van der Waals surface area contributed by atoms with Crippen molar-refractivity contribution in [3.63, 3.8) is 0 Å². The Labute approximate surface area is 219 Å². The van der Waals surface area contributed by atoms with Crippen molar-refractivity contribution in [3.05, 3.63) is 127 Å². The minimum absolute atomic E-state index is 0.143. The van der Waals surface area contributed by atoms with Gasteiger partial charge in [0.15, 0.2) is 0 Å². The molecule has 1 nitrogen and oxygen atoms in total. The third kappa shape index (κ3) is 4.32. The lowest BCUT2D eigenvalue weighted by molar-refractivity contribution is 0.590. The van der Waals surface area contributed by atoms with E-state index in [-0.39, 0.29) is 5.41 Å². The summed E-state index contributed by atoms with van der Waals surface area (Å²) in [5, 5.41) is 5.11. The molecule has 0 unspecified atom stereocenters. The third-order valence-electron chi connectivity index (χ3n) is 7.40. The first-order chi connectivity index (χ1) is 17.9. The maximum absolute atomic E-state index is 4.84. The first kappa shape index (κ1) is 23.2. The molecule has 0 spiro atoms. The van der Waals surface area contributed by atoms with Crippen LogP contribution in [0.5, 0.6) is 0 Å². The molecule has 5 aromatic carbocycles. The quantitative estimate of drug-likeness (QED) is 0.231. The predicted molar refractivity (Wildman–Crippen MR) is 159 cm³/mol. The van der Waals surface area contributed by atoms with E-state index in [9.17, 15) is 0 Å². The highest BCUT2D eigenvalue weighted by Gasteiger charge is 2.14. The maximum atomic E-state index is 4.84. The van der Waals surface area contributed by atoms with Crippen molar-refractivity contribution < 1.29 is 0 Å². The molecule has 37 heavy (non-hydrogen) atoms. The molecule has 0 amide bonds. The summed E-state index contributed by atoms with van der Waals surface area (Å²) in [7, 11) is 0. The Kier molecular flexibility index (Phi) is 5.65. The van der Waals surface area contributed by atoms with Crippen molar-refractivity contribution in [2.24, 2.45) is 0 Å². The average Bonchev–Trinajstić information content (AvgIpc) is 2.92. The molecule has 0 aliphatic rings. The number of aryl methyl sites for hydroxylation is 1. The van der Waals surface area contributed by atoms with Crippen LogP contribution in [0, 0.1) is 6.92 Å². The van der Waals surface area contributed by atoms with Crippen molar-refractivity contribution in [1.82, 2.24) is 4.98 Å². The van der Waals surface area contributed by atoms with Crippen LogP contribution in [0.15, 0.2) is 115 Å². The standard InChI is InChI=1S/C36H31N/c1-24-23-37-35(22-33(24)25-16-18-29(19-17-25)36(2,3)4)28-12-9-11-26(20-28)34-21-27-10-5-6-13-30(27)31-14-7-8-15-32(31)34/h5-23H,1-4H3. The molecular formula is C36H31N. The van der Waals surface area contributed by atoms with Crippen LogP contribution in [0.1, 0.15) is 31.9 Å². The van der Waals surface area contributed by atoms with Gasteiger partial charge in [-0.25, -0.2) is 0 Å². The lowest BCUT2D eigenvalue weighted by atomic mass is 9.86. The van der Waals surface area contributed by atoms with Gasteiger partial charge in [0, 0.05) is 11.8 Å². The number of nitrogens with zero attached hydrogens (tertiary/aromatic N) is 1. The Hall–Kier alpha value is -4.23. The van der Waals surface area contributed by atoms with Crippen LogP contribution >= 0.6 is 0 Å². The summed E-state index contributed by atoms with van der Waals surface area (Å²) in [6.45, 7) is 8.90. The molecule has 1 aromatic heterocycles. The fraction of sp³-hybridized carbons (Fsp3) is 0.139. The zero-order valence-electron chi connectivity index (χ0n) is 21.9. The highest BCUT2D eigenvalue weighted by molar-refractivity contribution is 6.13. The molecule has 1 heteroatoms. The summed E-state index contributed by atoms with van der Waals surface area (Å²) in [5.74, 6) is 0. The fourth-order valence-electron chi connectivity index (χ4n) is 5.28. The molecule has 0 fully saturated rings. The number of fused-ring (bicyclic) bond motifs is 3. The Bertz CT molecular complexity index is 1750. The Morgan fingerprint density at radius 1 is 0.541 bits per heavy atom. The second kappa shape index (κ2) is 9.01. The summed E-state index contributed by atoms with van der Waals surface area (Å²) < 4.78 is 0.